The number of oxazole rings is 1. The minimum atomic E-state index is 0.476. The van der Waals surface area contributed by atoms with Gasteiger partial charge in [-0.25, -0.2) is 4.98 Å². The third kappa shape index (κ3) is 1.80. The van der Waals surface area contributed by atoms with Crippen LogP contribution in [0.2, 0.25) is 5.02 Å². The van der Waals surface area contributed by atoms with Gasteiger partial charge in [0.25, 0.3) is 0 Å². The Hall–Kier alpha value is -2.07. The minimum Gasteiger partial charge on any atom is -0.436 e. The first-order chi connectivity index (χ1) is 8.63. The van der Waals surface area contributed by atoms with Gasteiger partial charge in [0.05, 0.1) is 16.3 Å². The van der Waals surface area contributed by atoms with E-state index in [0.29, 0.717) is 27.7 Å². The fourth-order valence-corrected chi connectivity index (χ4v) is 1.84. The molecule has 0 saturated heterocycles. The Bertz CT molecular complexity index is 680. The molecule has 2 heterocycles. The summed E-state index contributed by atoms with van der Waals surface area (Å²) in [6.45, 7) is 1.93. The van der Waals surface area contributed by atoms with Crippen LogP contribution in [0.25, 0.3) is 22.6 Å². The number of anilines is 1. The summed E-state index contributed by atoms with van der Waals surface area (Å²) in [5.74, 6) is 0.513. The van der Waals surface area contributed by atoms with Crippen molar-refractivity contribution in [1.82, 2.24) is 9.97 Å². The van der Waals surface area contributed by atoms with E-state index >= 15 is 0 Å². The predicted molar refractivity (Wildman–Crippen MR) is 71.4 cm³/mol. The Labute approximate surface area is 108 Å². The lowest BCUT2D eigenvalue weighted by molar-refractivity contribution is 0.619. The van der Waals surface area contributed by atoms with E-state index in [1.54, 1.807) is 18.3 Å². The molecule has 0 aliphatic heterocycles. The van der Waals surface area contributed by atoms with Crippen molar-refractivity contribution in [3.05, 3.63) is 41.2 Å². The van der Waals surface area contributed by atoms with Gasteiger partial charge in [0, 0.05) is 18.0 Å². The molecule has 0 aliphatic carbocycles. The number of nitrogens with two attached hydrogens (primary N) is 1. The summed E-state index contributed by atoms with van der Waals surface area (Å²) in [4.78, 5) is 8.58. The van der Waals surface area contributed by atoms with E-state index in [0.717, 1.165) is 11.3 Å². The van der Waals surface area contributed by atoms with Gasteiger partial charge in [-0.3, -0.25) is 4.98 Å². The zero-order valence-corrected chi connectivity index (χ0v) is 10.4. The molecular formula is C13H10ClN3O. The average Bonchev–Trinajstić information content (AvgIpc) is 2.73. The van der Waals surface area contributed by atoms with Gasteiger partial charge in [-0.15, -0.1) is 0 Å². The number of aryl methyl sites for hydroxylation is 1. The van der Waals surface area contributed by atoms with Gasteiger partial charge in [-0.05, 0) is 25.1 Å². The van der Waals surface area contributed by atoms with Crippen LogP contribution in [0.4, 0.5) is 5.69 Å². The van der Waals surface area contributed by atoms with Crippen molar-refractivity contribution >= 4 is 28.4 Å². The third-order valence-electron chi connectivity index (χ3n) is 2.67. The molecule has 0 saturated carbocycles. The summed E-state index contributed by atoms with van der Waals surface area (Å²) >= 11 is 5.94. The van der Waals surface area contributed by atoms with Crippen molar-refractivity contribution < 1.29 is 4.42 Å². The molecule has 0 atom stereocenters. The molecule has 90 valence electrons. The average molecular weight is 260 g/mol. The van der Waals surface area contributed by atoms with Gasteiger partial charge < -0.3 is 10.2 Å². The fraction of sp³-hybridized carbons (Fsp3) is 0.0769. The Morgan fingerprint density at radius 1 is 1.28 bits per heavy atom. The van der Waals surface area contributed by atoms with E-state index in [9.17, 15) is 0 Å². The number of hydrogen-bond donors (Lipinski definition) is 1. The van der Waals surface area contributed by atoms with Gasteiger partial charge in [0.2, 0.25) is 5.89 Å². The fourth-order valence-electron chi connectivity index (χ4n) is 1.68. The molecule has 0 bridgehead atoms. The number of nitrogens with zero attached hydrogens (tertiary/aromatic N) is 2. The first-order valence-corrected chi connectivity index (χ1v) is 5.80. The molecule has 0 fully saturated rings. The Balaban J connectivity index is 2.16. The Morgan fingerprint density at radius 2 is 2.11 bits per heavy atom. The van der Waals surface area contributed by atoms with Crippen LogP contribution in [0.5, 0.6) is 0 Å². The topological polar surface area (TPSA) is 64.9 Å². The molecule has 3 rings (SSSR count). The van der Waals surface area contributed by atoms with Crippen LogP contribution < -0.4 is 5.73 Å². The summed E-state index contributed by atoms with van der Waals surface area (Å²) in [6.07, 6.45) is 1.73. The lowest BCUT2D eigenvalue weighted by atomic mass is 10.2. The highest BCUT2D eigenvalue weighted by Crippen LogP contribution is 2.29. The van der Waals surface area contributed by atoms with Crippen molar-refractivity contribution in [1.29, 1.82) is 0 Å². The Kier molecular flexibility index (Phi) is 2.45. The minimum absolute atomic E-state index is 0.476. The third-order valence-corrected chi connectivity index (χ3v) is 2.99. The van der Waals surface area contributed by atoms with E-state index in [1.807, 2.05) is 19.1 Å². The molecule has 4 nitrogen and oxygen atoms in total. The number of halogens is 1. The van der Waals surface area contributed by atoms with Crippen LogP contribution >= 0.6 is 11.6 Å². The number of nitrogen functional groups attached to an aromatic ring is 1. The number of rotatable bonds is 1. The molecule has 18 heavy (non-hydrogen) atoms. The molecule has 0 unspecified atom stereocenters. The maximum absolute atomic E-state index is 5.94. The number of aromatic nitrogens is 2. The molecule has 5 heteroatoms. The highest BCUT2D eigenvalue weighted by molar-refractivity contribution is 6.33. The lowest BCUT2D eigenvalue weighted by Crippen LogP contribution is -1.84. The maximum atomic E-state index is 5.94. The number of benzene rings is 1. The molecule has 2 aromatic heterocycles. The standard InChI is InChI=1S/C13H10ClN3O/c1-7-2-3-8(6-16-7)13-17-11-4-9(14)10(15)5-12(11)18-13/h2-6H,15H2,1H3. The van der Waals surface area contributed by atoms with Crippen LogP contribution in [0.1, 0.15) is 5.69 Å². The zero-order valence-electron chi connectivity index (χ0n) is 9.64. The molecule has 3 aromatic rings. The predicted octanol–water partition coefficient (Wildman–Crippen LogP) is 3.43. The van der Waals surface area contributed by atoms with E-state index in [4.69, 9.17) is 21.8 Å². The monoisotopic (exact) mass is 259 g/mol. The van der Waals surface area contributed by atoms with Crippen LogP contribution in [0.3, 0.4) is 0 Å². The summed E-state index contributed by atoms with van der Waals surface area (Å²) in [6, 6.07) is 7.19. The Morgan fingerprint density at radius 3 is 2.83 bits per heavy atom. The van der Waals surface area contributed by atoms with E-state index < -0.39 is 0 Å². The smallest absolute Gasteiger partial charge is 0.228 e. The van der Waals surface area contributed by atoms with E-state index in [-0.39, 0.29) is 0 Å². The SMILES string of the molecule is Cc1ccc(-c2nc3cc(Cl)c(N)cc3o2)cn1. The first kappa shape index (κ1) is 11.0. The highest BCUT2D eigenvalue weighted by Gasteiger charge is 2.10. The summed E-state index contributed by atoms with van der Waals surface area (Å²) in [5.41, 5.74) is 9.28. The zero-order chi connectivity index (χ0) is 12.7. The second-order valence-corrected chi connectivity index (χ2v) is 4.46. The second-order valence-electron chi connectivity index (χ2n) is 4.05. The van der Waals surface area contributed by atoms with Crippen LogP contribution in [-0.2, 0) is 0 Å². The second kappa shape index (κ2) is 3.99. The van der Waals surface area contributed by atoms with Crippen LogP contribution in [-0.4, -0.2) is 9.97 Å². The van der Waals surface area contributed by atoms with Crippen LogP contribution in [0, 0.1) is 6.92 Å². The van der Waals surface area contributed by atoms with Crippen molar-refractivity contribution in [2.75, 3.05) is 5.73 Å². The summed E-state index contributed by atoms with van der Waals surface area (Å²) < 4.78 is 5.64. The summed E-state index contributed by atoms with van der Waals surface area (Å²) in [7, 11) is 0. The normalized spacial score (nSPS) is 11.0. The molecule has 0 spiro atoms. The molecule has 1 aromatic carbocycles. The molecule has 0 aliphatic rings. The molecule has 2 N–H and O–H groups in total. The highest BCUT2D eigenvalue weighted by atomic mass is 35.5. The van der Waals surface area contributed by atoms with Crippen LogP contribution in [0.15, 0.2) is 34.9 Å². The maximum Gasteiger partial charge on any atom is 0.228 e. The number of fused-ring (bicyclic) bond motifs is 1. The van der Waals surface area contributed by atoms with Crippen molar-refractivity contribution in [3.63, 3.8) is 0 Å². The van der Waals surface area contributed by atoms with Gasteiger partial charge in [-0.2, -0.15) is 0 Å². The van der Waals surface area contributed by atoms with E-state index in [2.05, 4.69) is 9.97 Å². The van der Waals surface area contributed by atoms with Gasteiger partial charge in [-0.1, -0.05) is 11.6 Å². The summed E-state index contributed by atoms with van der Waals surface area (Å²) in [5, 5.41) is 0.476. The van der Waals surface area contributed by atoms with Gasteiger partial charge >= 0.3 is 0 Å². The largest absolute Gasteiger partial charge is 0.436 e. The lowest BCUT2D eigenvalue weighted by Gasteiger charge is -1.95. The molecule has 0 amide bonds. The number of pyridine rings is 1. The quantitative estimate of drug-likeness (QED) is 0.680. The van der Waals surface area contributed by atoms with Crippen molar-refractivity contribution in [2.24, 2.45) is 0 Å². The molecular weight excluding hydrogens is 250 g/mol. The van der Waals surface area contributed by atoms with Crippen molar-refractivity contribution in [2.45, 2.75) is 6.92 Å². The first-order valence-electron chi connectivity index (χ1n) is 5.42. The van der Waals surface area contributed by atoms with Gasteiger partial charge in [0.15, 0.2) is 5.58 Å². The van der Waals surface area contributed by atoms with Crippen molar-refractivity contribution in [3.8, 4) is 11.5 Å². The van der Waals surface area contributed by atoms with Gasteiger partial charge in [0.1, 0.15) is 5.52 Å². The van der Waals surface area contributed by atoms with E-state index in [1.165, 1.54) is 0 Å². The number of hydrogen-bond acceptors (Lipinski definition) is 4. The molecule has 0 radical (unpaired) electrons.